The van der Waals surface area contributed by atoms with E-state index < -0.39 is 0 Å². The van der Waals surface area contributed by atoms with E-state index in [0.717, 1.165) is 23.2 Å². The summed E-state index contributed by atoms with van der Waals surface area (Å²) < 4.78 is 12.8. The van der Waals surface area contributed by atoms with Crippen molar-refractivity contribution in [3.63, 3.8) is 0 Å². The van der Waals surface area contributed by atoms with Gasteiger partial charge in [-0.15, -0.1) is 0 Å². The van der Waals surface area contributed by atoms with Gasteiger partial charge in [-0.3, -0.25) is 0 Å². The van der Waals surface area contributed by atoms with Crippen molar-refractivity contribution >= 4 is 5.69 Å². The smallest absolute Gasteiger partial charge is 0.123 e. The molecular weight excluding hydrogens is 201 g/mol. The van der Waals surface area contributed by atoms with Crippen LogP contribution in [0, 0.1) is 5.82 Å². The number of halogens is 1. The van der Waals surface area contributed by atoms with E-state index in [1.165, 1.54) is 17.7 Å². The Bertz CT molecular complexity index is 489. The third kappa shape index (κ3) is 2.06. The summed E-state index contributed by atoms with van der Waals surface area (Å²) in [6.45, 7) is 2.10. The monoisotopic (exact) mass is 215 g/mol. The van der Waals surface area contributed by atoms with Gasteiger partial charge in [0, 0.05) is 11.3 Å². The van der Waals surface area contributed by atoms with E-state index in [4.69, 9.17) is 5.73 Å². The molecule has 0 atom stereocenters. The maximum absolute atomic E-state index is 12.8. The second-order valence-electron chi connectivity index (χ2n) is 3.78. The number of hydrogen-bond donors (Lipinski definition) is 1. The number of anilines is 1. The quantitative estimate of drug-likeness (QED) is 0.760. The van der Waals surface area contributed by atoms with E-state index in [1.54, 1.807) is 12.1 Å². The highest BCUT2D eigenvalue weighted by Gasteiger charge is 2.03. The molecule has 2 N–H and O–H groups in total. The first-order valence-corrected chi connectivity index (χ1v) is 5.35. The zero-order valence-corrected chi connectivity index (χ0v) is 9.20. The highest BCUT2D eigenvalue weighted by atomic mass is 19.1. The van der Waals surface area contributed by atoms with E-state index in [1.807, 2.05) is 12.1 Å². The lowest BCUT2D eigenvalue weighted by Crippen LogP contribution is -1.92. The van der Waals surface area contributed by atoms with E-state index in [2.05, 4.69) is 13.0 Å². The fourth-order valence-electron chi connectivity index (χ4n) is 1.70. The molecule has 16 heavy (non-hydrogen) atoms. The Labute approximate surface area is 94.7 Å². The molecule has 0 aliphatic rings. The van der Waals surface area contributed by atoms with Crippen molar-refractivity contribution in [2.75, 3.05) is 5.73 Å². The average molecular weight is 215 g/mol. The Morgan fingerprint density at radius 2 is 1.75 bits per heavy atom. The van der Waals surface area contributed by atoms with Crippen LogP contribution in [0.5, 0.6) is 0 Å². The van der Waals surface area contributed by atoms with Gasteiger partial charge in [0.1, 0.15) is 5.82 Å². The number of rotatable bonds is 2. The third-order valence-corrected chi connectivity index (χ3v) is 2.68. The van der Waals surface area contributed by atoms with Crippen LogP contribution in [0.25, 0.3) is 11.1 Å². The SMILES string of the molecule is CCc1ccc(N)c(-c2ccc(F)cc2)c1. The lowest BCUT2D eigenvalue weighted by atomic mass is 10.0. The van der Waals surface area contributed by atoms with Crippen LogP contribution in [-0.4, -0.2) is 0 Å². The van der Waals surface area contributed by atoms with Gasteiger partial charge in [0.2, 0.25) is 0 Å². The lowest BCUT2D eigenvalue weighted by Gasteiger charge is -2.08. The fraction of sp³-hybridized carbons (Fsp3) is 0.143. The van der Waals surface area contributed by atoms with Crippen LogP contribution >= 0.6 is 0 Å². The molecule has 0 aliphatic heterocycles. The summed E-state index contributed by atoms with van der Waals surface area (Å²) in [6.07, 6.45) is 0.967. The molecule has 2 rings (SSSR count). The molecule has 2 heteroatoms. The van der Waals surface area contributed by atoms with Gasteiger partial charge in [0.15, 0.2) is 0 Å². The minimum absolute atomic E-state index is 0.228. The predicted molar refractivity (Wildman–Crippen MR) is 65.6 cm³/mol. The lowest BCUT2D eigenvalue weighted by molar-refractivity contribution is 0.628. The number of hydrogen-bond acceptors (Lipinski definition) is 1. The first kappa shape index (κ1) is 10.7. The van der Waals surface area contributed by atoms with Gasteiger partial charge in [-0.05, 0) is 41.8 Å². The Balaban J connectivity index is 2.50. The molecule has 0 saturated carbocycles. The number of nitrogens with two attached hydrogens (primary N) is 1. The van der Waals surface area contributed by atoms with Crippen molar-refractivity contribution < 1.29 is 4.39 Å². The van der Waals surface area contributed by atoms with Gasteiger partial charge in [0.25, 0.3) is 0 Å². The number of benzene rings is 2. The Morgan fingerprint density at radius 1 is 1.06 bits per heavy atom. The van der Waals surface area contributed by atoms with Gasteiger partial charge in [-0.1, -0.05) is 25.1 Å². The molecule has 0 bridgehead atoms. The van der Waals surface area contributed by atoms with Crippen molar-refractivity contribution in [1.82, 2.24) is 0 Å². The molecule has 1 nitrogen and oxygen atoms in total. The van der Waals surface area contributed by atoms with Gasteiger partial charge in [0.05, 0.1) is 0 Å². The Morgan fingerprint density at radius 3 is 2.38 bits per heavy atom. The molecule has 2 aromatic rings. The van der Waals surface area contributed by atoms with E-state index in [-0.39, 0.29) is 5.82 Å². The molecule has 0 heterocycles. The van der Waals surface area contributed by atoms with Crippen LogP contribution in [0.3, 0.4) is 0 Å². The summed E-state index contributed by atoms with van der Waals surface area (Å²) in [6, 6.07) is 12.4. The van der Waals surface area contributed by atoms with Gasteiger partial charge < -0.3 is 5.73 Å². The van der Waals surface area contributed by atoms with Crippen LogP contribution in [-0.2, 0) is 6.42 Å². The van der Waals surface area contributed by atoms with Crippen LogP contribution in [0.4, 0.5) is 10.1 Å². The molecule has 0 radical (unpaired) electrons. The summed E-state index contributed by atoms with van der Waals surface area (Å²) in [5.41, 5.74) is 9.80. The van der Waals surface area contributed by atoms with Crippen LogP contribution in [0.15, 0.2) is 42.5 Å². The van der Waals surface area contributed by atoms with Crippen molar-refractivity contribution in [3.05, 3.63) is 53.8 Å². The summed E-state index contributed by atoms with van der Waals surface area (Å²) in [4.78, 5) is 0. The topological polar surface area (TPSA) is 26.0 Å². The van der Waals surface area contributed by atoms with Crippen LogP contribution in [0.1, 0.15) is 12.5 Å². The zero-order chi connectivity index (χ0) is 11.5. The van der Waals surface area contributed by atoms with E-state index in [0.29, 0.717) is 0 Å². The molecular formula is C14H14FN. The molecule has 0 aromatic heterocycles. The minimum atomic E-state index is -0.228. The second-order valence-corrected chi connectivity index (χ2v) is 3.78. The Hall–Kier alpha value is -1.83. The second kappa shape index (κ2) is 4.35. The average Bonchev–Trinajstić information content (AvgIpc) is 2.31. The number of aryl methyl sites for hydroxylation is 1. The van der Waals surface area contributed by atoms with E-state index in [9.17, 15) is 4.39 Å². The van der Waals surface area contributed by atoms with Crippen molar-refractivity contribution in [2.45, 2.75) is 13.3 Å². The summed E-state index contributed by atoms with van der Waals surface area (Å²) >= 11 is 0. The fourth-order valence-corrected chi connectivity index (χ4v) is 1.70. The van der Waals surface area contributed by atoms with Gasteiger partial charge in [-0.2, -0.15) is 0 Å². The van der Waals surface area contributed by atoms with Crippen molar-refractivity contribution in [2.24, 2.45) is 0 Å². The Kier molecular flexibility index (Phi) is 2.91. The molecule has 0 spiro atoms. The summed E-state index contributed by atoms with van der Waals surface area (Å²) in [5.74, 6) is -0.228. The normalized spacial score (nSPS) is 10.4. The first-order valence-electron chi connectivity index (χ1n) is 5.35. The zero-order valence-electron chi connectivity index (χ0n) is 9.20. The third-order valence-electron chi connectivity index (χ3n) is 2.68. The summed E-state index contributed by atoms with van der Waals surface area (Å²) in [7, 11) is 0. The van der Waals surface area contributed by atoms with Gasteiger partial charge >= 0.3 is 0 Å². The maximum Gasteiger partial charge on any atom is 0.123 e. The van der Waals surface area contributed by atoms with Crippen LogP contribution in [0.2, 0.25) is 0 Å². The molecule has 2 aromatic carbocycles. The molecule has 0 saturated heterocycles. The minimum Gasteiger partial charge on any atom is -0.398 e. The predicted octanol–water partition coefficient (Wildman–Crippen LogP) is 3.64. The largest absolute Gasteiger partial charge is 0.398 e. The number of nitrogen functional groups attached to an aromatic ring is 1. The van der Waals surface area contributed by atoms with Gasteiger partial charge in [-0.25, -0.2) is 4.39 Å². The highest BCUT2D eigenvalue weighted by Crippen LogP contribution is 2.27. The maximum atomic E-state index is 12.8. The standard InChI is InChI=1S/C14H14FN/c1-2-10-3-8-14(16)13(9-10)11-4-6-12(15)7-5-11/h3-9H,2,16H2,1H3. The van der Waals surface area contributed by atoms with Crippen LogP contribution < -0.4 is 5.73 Å². The molecule has 0 aliphatic carbocycles. The summed E-state index contributed by atoms with van der Waals surface area (Å²) in [5, 5.41) is 0. The van der Waals surface area contributed by atoms with E-state index >= 15 is 0 Å². The molecule has 0 fully saturated rings. The molecule has 0 amide bonds. The molecule has 0 unspecified atom stereocenters. The first-order chi connectivity index (χ1) is 7.70. The molecule has 82 valence electrons. The highest BCUT2D eigenvalue weighted by molar-refractivity contribution is 5.76. The van der Waals surface area contributed by atoms with Crippen molar-refractivity contribution in [3.8, 4) is 11.1 Å². The van der Waals surface area contributed by atoms with Crippen molar-refractivity contribution in [1.29, 1.82) is 0 Å².